The van der Waals surface area contributed by atoms with E-state index in [1.165, 1.54) is 6.33 Å². The van der Waals surface area contributed by atoms with E-state index in [0.717, 1.165) is 35.8 Å². The number of carbonyl (C=O) groups excluding carboxylic acids is 1. The summed E-state index contributed by atoms with van der Waals surface area (Å²) in [5, 5.41) is 13.3. The van der Waals surface area contributed by atoms with Crippen LogP contribution in [0, 0.1) is 0 Å². The Balaban J connectivity index is 0.00000280. The Morgan fingerprint density at radius 2 is 2.21 bits per heavy atom. The first-order valence-corrected chi connectivity index (χ1v) is 9.06. The van der Waals surface area contributed by atoms with Crippen molar-refractivity contribution < 1.29 is 9.53 Å². The third-order valence-corrected chi connectivity index (χ3v) is 4.16. The second kappa shape index (κ2) is 10.8. The first kappa shape index (κ1) is 21.9. The Labute approximate surface area is 181 Å². The number of aromatic nitrogens is 3. The Kier molecular flexibility index (Phi) is 8.48. The van der Waals surface area contributed by atoms with Crippen LogP contribution >= 0.6 is 24.0 Å². The van der Waals surface area contributed by atoms with Crippen LogP contribution in [0.2, 0.25) is 0 Å². The molecule has 1 aromatic heterocycles. The zero-order valence-corrected chi connectivity index (χ0v) is 18.4. The van der Waals surface area contributed by atoms with Gasteiger partial charge in [-0.2, -0.15) is 5.10 Å². The molecule has 1 aliphatic heterocycles. The lowest BCUT2D eigenvalue weighted by molar-refractivity contribution is -0.116. The van der Waals surface area contributed by atoms with Gasteiger partial charge in [0.1, 0.15) is 31.1 Å². The molecule has 1 amide bonds. The molecule has 10 heteroatoms. The largest absolute Gasteiger partial charge is 0.492 e. The molecule has 2 aromatic rings. The predicted octanol–water partition coefficient (Wildman–Crippen LogP) is 1.45. The van der Waals surface area contributed by atoms with Crippen LogP contribution < -0.4 is 20.7 Å². The number of anilines is 1. The highest BCUT2D eigenvalue weighted by atomic mass is 127. The maximum Gasteiger partial charge on any atom is 0.224 e. The van der Waals surface area contributed by atoms with E-state index in [1.54, 1.807) is 4.68 Å². The smallest absolute Gasteiger partial charge is 0.224 e. The minimum Gasteiger partial charge on any atom is -0.492 e. The van der Waals surface area contributed by atoms with Crippen molar-refractivity contribution in [3.63, 3.8) is 0 Å². The van der Waals surface area contributed by atoms with E-state index >= 15 is 0 Å². The molecule has 0 unspecified atom stereocenters. The number of hydrogen-bond acceptors (Lipinski definition) is 5. The number of halogens is 1. The third kappa shape index (κ3) is 6.08. The molecule has 28 heavy (non-hydrogen) atoms. The molecule has 0 fully saturated rings. The predicted molar refractivity (Wildman–Crippen MR) is 118 cm³/mol. The van der Waals surface area contributed by atoms with Gasteiger partial charge in [0.15, 0.2) is 5.96 Å². The first-order chi connectivity index (χ1) is 13.2. The summed E-state index contributed by atoms with van der Waals surface area (Å²) in [6.07, 6.45) is 2.78. The number of nitrogens with zero attached hydrogens (tertiary/aromatic N) is 4. The third-order valence-electron chi connectivity index (χ3n) is 4.16. The number of fused-ring (bicyclic) bond motifs is 1. The van der Waals surface area contributed by atoms with Gasteiger partial charge in [-0.05, 0) is 37.1 Å². The quantitative estimate of drug-likeness (QED) is 0.231. The highest BCUT2D eigenvalue weighted by molar-refractivity contribution is 14.0. The average molecular weight is 499 g/mol. The van der Waals surface area contributed by atoms with Crippen molar-refractivity contribution in [3.8, 4) is 5.75 Å². The highest BCUT2D eigenvalue weighted by Gasteiger charge is 2.14. The van der Waals surface area contributed by atoms with E-state index in [1.807, 2.05) is 32.2 Å². The fourth-order valence-corrected chi connectivity index (χ4v) is 2.74. The van der Waals surface area contributed by atoms with Gasteiger partial charge in [-0.25, -0.2) is 9.98 Å². The molecule has 0 radical (unpaired) electrons. The molecule has 1 aliphatic rings. The van der Waals surface area contributed by atoms with Gasteiger partial charge in [-0.15, -0.1) is 24.0 Å². The normalized spacial score (nSPS) is 13.2. The lowest BCUT2D eigenvalue weighted by atomic mass is 10.0. The van der Waals surface area contributed by atoms with Crippen LogP contribution in [0.15, 0.2) is 29.5 Å². The zero-order chi connectivity index (χ0) is 19.1. The molecule has 3 rings (SSSR count). The number of amides is 1. The van der Waals surface area contributed by atoms with Gasteiger partial charge in [-0.3, -0.25) is 9.48 Å². The molecular formula is C18H26IN7O2. The van der Waals surface area contributed by atoms with Crippen LogP contribution in [0.25, 0.3) is 0 Å². The summed E-state index contributed by atoms with van der Waals surface area (Å²) in [5.41, 5.74) is 1.99. The molecular weight excluding hydrogens is 473 g/mol. The van der Waals surface area contributed by atoms with Gasteiger partial charge >= 0.3 is 0 Å². The first-order valence-electron chi connectivity index (χ1n) is 9.06. The summed E-state index contributed by atoms with van der Waals surface area (Å²) in [7, 11) is 1.84. The molecule has 9 nitrogen and oxygen atoms in total. The molecule has 152 valence electrons. The van der Waals surface area contributed by atoms with Crippen LogP contribution in [-0.2, 0) is 24.8 Å². The van der Waals surface area contributed by atoms with E-state index in [0.29, 0.717) is 32.1 Å². The topological polar surface area (TPSA) is 105 Å². The van der Waals surface area contributed by atoms with Gasteiger partial charge in [-0.1, -0.05) is 0 Å². The Bertz CT molecular complexity index is 822. The van der Waals surface area contributed by atoms with Gasteiger partial charge in [0.2, 0.25) is 5.91 Å². The number of aliphatic imine (C=N–C) groups is 1. The average Bonchev–Trinajstić information content (AvgIpc) is 3.08. The van der Waals surface area contributed by atoms with Gasteiger partial charge in [0.25, 0.3) is 0 Å². The van der Waals surface area contributed by atoms with Gasteiger partial charge in [0.05, 0.1) is 6.54 Å². The lowest BCUT2D eigenvalue weighted by Gasteiger charge is -2.18. The monoisotopic (exact) mass is 499 g/mol. The molecule has 0 saturated carbocycles. The van der Waals surface area contributed by atoms with Crippen LogP contribution in [-0.4, -0.2) is 46.3 Å². The van der Waals surface area contributed by atoms with Crippen molar-refractivity contribution in [1.29, 1.82) is 0 Å². The number of ether oxygens (including phenoxy) is 1. The SMILES string of the molecule is CCNC(=NCc1ncnn1C)NCCOc1ccc2c(c1)CCC(=O)N2.I. The maximum absolute atomic E-state index is 11.4. The number of hydrogen-bond donors (Lipinski definition) is 3. The molecule has 3 N–H and O–H groups in total. The van der Waals surface area contributed by atoms with E-state index in [2.05, 4.69) is 31.0 Å². The van der Waals surface area contributed by atoms with Crippen molar-refractivity contribution >= 4 is 41.5 Å². The summed E-state index contributed by atoms with van der Waals surface area (Å²) in [6, 6.07) is 5.75. The summed E-state index contributed by atoms with van der Waals surface area (Å²) >= 11 is 0. The standard InChI is InChI=1S/C18H25N7O2.HI/c1-3-19-18(21-11-16-22-12-23-25(16)2)20-8-9-27-14-5-6-15-13(10-14)4-7-17(26)24-15;/h5-6,10,12H,3-4,7-9,11H2,1-2H3,(H,24,26)(H2,19,20,21);1H. The summed E-state index contributed by atoms with van der Waals surface area (Å²) in [6.45, 7) is 4.34. The minimum absolute atomic E-state index is 0. The number of carbonyl (C=O) groups is 1. The molecule has 2 heterocycles. The van der Waals surface area contributed by atoms with Crippen LogP contribution in [0.4, 0.5) is 5.69 Å². The van der Waals surface area contributed by atoms with Crippen molar-refractivity contribution in [2.75, 3.05) is 25.0 Å². The molecule has 0 bridgehead atoms. The number of benzene rings is 1. The number of guanidine groups is 1. The Hall–Kier alpha value is -2.37. The number of rotatable bonds is 7. The van der Waals surface area contributed by atoms with Crippen molar-refractivity contribution in [2.24, 2.45) is 12.0 Å². The summed E-state index contributed by atoms with van der Waals surface area (Å²) < 4.78 is 7.52. The Morgan fingerprint density at radius 3 is 2.96 bits per heavy atom. The fraction of sp³-hybridized carbons (Fsp3) is 0.444. The van der Waals surface area contributed by atoms with Gasteiger partial charge < -0.3 is 20.7 Å². The van der Waals surface area contributed by atoms with Crippen molar-refractivity contribution in [1.82, 2.24) is 25.4 Å². The second-order valence-corrected chi connectivity index (χ2v) is 6.14. The van der Waals surface area contributed by atoms with Crippen molar-refractivity contribution in [3.05, 3.63) is 35.9 Å². The van der Waals surface area contributed by atoms with Crippen LogP contribution in [0.3, 0.4) is 0 Å². The van der Waals surface area contributed by atoms with E-state index < -0.39 is 0 Å². The molecule has 0 saturated heterocycles. The zero-order valence-electron chi connectivity index (χ0n) is 16.1. The van der Waals surface area contributed by atoms with E-state index in [4.69, 9.17) is 4.74 Å². The second-order valence-electron chi connectivity index (χ2n) is 6.14. The van der Waals surface area contributed by atoms with E-state index in [9.17, 15) is 4.79 Å². The van der Waals surface area contributed by atoms with Crippen LogP contribution in [0.5, 0.6) is 5.75 Å². The minimum atomic E-state index is 0. The van der Waals surface area contributed by atoms with Crippen LogP contribution in [0.1, 0.15) is 24.7 Å². The molecule has 0 aliphatic carbocycles. The number of nitrogens with one attached hydrogen (secondary N) is 3. The maximum atomic E-state index is 11.4. The molecule has 0 atom stereocenters. The fourth-order valence-electron chi connectivity index (χ4n) is 2.74. The van der Waals surface area contributed by atoms with Crippen molar-refractivity contribution in [2.45, 2.75) is 26.3 Å². The lowest BCUT2D eigenvalue weighted by Crippen LogP contribution is -2.39. The van der Waals surface area contributed by atoms with Gasteiger partial charge in [0, 0.05) is 25.7 Å². The Morgan fingerprint density at radius 1 is 1.36 bits per heavy atom. The highest BCUT2D eigenvalue weighted by Crippen LogP contribution is 2.26. The summed E-state index contributed by atoms with van der Waals surface area (Å²) in [5.74, 6) is 2.37. The number of aryl methyl sites for hydroxylation is 2. The molecule has 1 aromatic carbocycles. The molecule has 0 spiro atoms. The van der Waals surface area contributed by atoms with E-state index in [-0.39, 0.29) is 29.9 Å². The summed E-state index contributed by atoms with van der Waals surface area (Å²) in [4.78, 5) is 20.1.